The fraction of sp³-hybridized carbons (Fsp3) is 0.211. The largest absolute Gasteiger partial charge is 0.493 e. The first kappa shape index (κ1) is 18.2. The van der Waals surface area contributed by atoms with Gasteiger partial charge >= 0.3 is 0 Å². The molecule has 0 aliphatic carbocycles. The summed E-state index contributed by atoms with van der Waals surface area (Å²) in [6.45, 7) is 0. The third-order valence-corrected chi connectivity index (χ3v) is 3.49. The molecule has 0 unspecified atom stereocenters. The monoisotopic (exact) mass is 343 g/mol. The van der Waals surface area contributed by atoms with Crippen LogP contribution in [0.1, 0.15) is 5.56 Å². The van der Waals surface area contributed by atoms with Crippen molar-refractivity contribution >= 4 is 17.7 Å². The molecule has 1 N–H and O–H groups in total. The maximum absolute atomic E-state index is 12.1. The molecule has 132 valence electrons. The highest BCUT2D eigenvalue weighted by Gasteiger charge is 2.06. The fourth-order valence-electron chi connectivity index (χ4n) is 2.23. The smallest absolute Gasteiger partial charge is 0.248 e. The average molecular weight is 343 g/mol. The van der Waals surface area contributed by atoms with Gasteiger partial charge in [0.2, 0.25) is 5.91 Å². The maximum Gasteiger partial charge on any atom is 0.248 e. The van der Waals surface area contributed by atoms with Crippen LogP contribution in [0.2, 0.25) is 0 Å². The van der Waals surface area contributed by atoms with Crippen molar-refractivity contribution in [2.75, 3.05) is 33.8 Å². The highest BCUT2D eigenvalue weighted by Crippen LogP contribution is 2.30. The van der Waals surface area contributed by atoms with Gasteiger partial charge < -0.3 is 24.3 Å². The number of carbonyl (C=O) groups is 1. The van der Waals surface area contributed by atoms with Crippen molar-refractivity contribution in [3.05, 3.63) is 48.0 Å². The summed E-state index contributed by atoms with van der Waals surface area (Å²) in [4.78, 5) is 12.1. The zero-order valence-corrected chi connectivity index (χ0v) is 14.7. The summed E-state index contributed by atoms with van der Waals surface area (Å²) >= 11 is 0. The van der Waals surface area contributed by atoms with Crippen LogP contribution in [0.15, 0.2) is 42.5 Å². The highest BCUT2D eigenvalue weighted by molar-refractivity contribution is 6.02. The van der Waals surface area contributed by atoms with Crippen molar-refractivity contribution in [3.63, 3.8) is 0 Å². The lowest BCUT2D eigenvalue weighted by Crippen LogP contribution is -2.08. The van der Waals surface area contributed by atoms with Crippen molar-refractivity contribution in [2.45, 2.75) is 0 Å². The number of ether oxygens (including phenoxy) is 4. The minimum absolute atomic E-state index is 0.262. The first-order valence-electron chi connectivity index (χ1n) is 7.54. The Bertz CT molecular complexity index is 770. The van der Waals surface area contributed by atoms with Crippen LogP contribution in [0.5, 0.6) is 23.0 Å². The van der Waals surface area contributed by atoms with Crippen molar-refractivity contribution in [1.82, 2.24) is 0 Å². The molecule has 0 atom stereocenters. The Kier molecular flexibility index (Phi) is 6.28. The van der Waals surface area contributed by atoms with Gasteiger partial charge in [-0.15, -0.1) is 0 Å². The van der Waals surface area contributed by atoms with Gasteiger partial charge in [0.15, 0.2) is 23.0 Å². The van der Waals surface area contributed by atoms with Crippen LogP contribution >= 0.6 is 0 Å². The Morgan fingerprint density at radius 1 is 0.800 bits per heavy atom. The van der Waals surface area contributed by atoms with Gasteiger partial charge in [0.05, 0.1) is 28.4 Å². The van der Waals surface area contributed by atoms with E-state index < -0.39 is 0 Å². The van der Waals surface area contributed by atoms with Crippen molar-refractivity contribution < 1.29 is 23.7 Å². The second-order valence-electron chi connectivity index (χ2n) is 5.01. The molecule has 2 aromatic carbocycles. The Hall–Kier alpha value is -3.15. The molecule has 0 heterocycles. The zero-order valence-electron chi connectivity index (χ0n) is 14.7. The van der Waals surface area contributed by atoms with Crippen molar-refractivity contribution in [1.29, 1.82) is 0 Å². The van der Waals surface area contributed by atoms with Gasteiger partial charge in [0.1, 0.15) is 0 Å². The number of amides is 1. The molecule has 2 aromatic rings. The Labute approximate surface area is 147 Å². The van der Waals surface area contributed by atoms with E-state index in [0.29, 0.717) is 28.7 Å². The first-order chi connectivity index (χ1) is 12.1. The molecule has 6 heteroatoms. The molecular formula is C19H21NO5. The summed E-state index contributed by atoms with van der Waals surface area (Å²) in [6, 6.07) is 10.6. The standard InChI is InChI=1S/C19H21NO5/c1-22-15-8-5-13(11-17(15)24-3)6-10-19(21)20-14-7-9-16(23-2)18(12-14)25-4/h5-12H,1-4H3,(H,20,21). The molecule has 0 saturated carbocycles. The van der Waals surface area contributed by atoms with Gasteiger partial charge in [-0.2, -0.15) is 0 Å². The topological polar surface area (TPSA) is 66.0 Å². The Morgan fingerprint density at radius 3 is 1.96 bits per heavy atom. The summed E-state index contributed by atoms with van der Waals surface area (Å²) < 4.78 is 20.8. The third-order valence-electron chi connectivity index (χ3n) is 3.49. The number of hydrogen-bond acceptors (Lipinski definition) is 5. The normalized spacial score (nSPS) is 10.4. The van der Waals surface area contributed by atoms with Crippen LogP contribution in [0.25, 0.3) is 6.08 Å². The van der Waals surface area contributed by atoms with E-state index in [0.717, 1.165) is 5.56 Å². The van der Waals surface area contributed by atoms with E-state index in [-0.39, 0.29) is 5.91 Å². The fourth-order valence-corrected chi connectivity index (χ4v) is 2.23. The first-order valence-corrected chi connectivity index (χ1v) is 7.54. The molecule has 25 heavy (non-hydrogen) atoms. The number of benzene rings is 2. The van der Waals surface area contributed by atoms with E-state index in [1.54, 1.807) is 64.8 Å². The van der Waals surface area contributed by atoms with Gasteiger partial charge in [-0.3, -0.25) is 4.79 Å². The molecule has 0 bridgehead atoms. The molecule has 0 fully saturated rings. The van der Waals surface area contributed by atoms with Gasteiger partial charge in [-0.1, -0.05) is 6.07 Å². The van der Waals surface area contributed by atoms with Crippen LogP contribution in [0, 0.1) is 0 Å². The van der Waals surface area contributed by atoms with Gasteiger partial charge in [0, 0.05) is 17.8 Å². The number of methoxy groups -OCH3 is 4. The van der Waals surface area contributed by atoms with E-state index in [1.807, 2.05) is 6.07 Å². The van der Waals surface area contributed by atoms with Crippen LogP contribution in [0.3, 0.4) is 0 Å². The molecule has 0 radical (unpaired) electrons. The Morgan fingerprint density at radius 2 is 1.36 bits per heavy atom. The lowest BCUT2D eigenvalue weighted by atomic mass is 10.2. The summed E-state index contributed by atoms with van der Waals surface area (Å²) in [6.07, 6.45) is 3.13. The molecule has 0 saturated heterocycles. The van der Waals surface area contributed by atoms with Gasteiger partial charge in [0.25, 0.3) is 0 Å². The molecule has 0 spiro atoms. The van der Waals surface area contributed by atoms with Crippen molar-refractivity contribution in [3.8, 4) is 23.0 Å². The summed E-state index contributed by atoms with van der Waals surface area (Å²) in [5, 5.41) is 2.77. The number of carbonyl (C=O) groups excluding carboxylic acids is 1. The molecule has 1 amide bonds. The molecule has 6 nitrogen and oxygen atoms in total. The van der Waals surface area contributed by atoms with Crippen LogP contribution in [-0.2, 0) is 4.79 Å². The Balaban J connectivity index is 2.08. The van der Waals surface area contributed by atoms with E-state index in [1.165, 1.54) is 6.08 Å². The lowest BCUT2D eigenvalue weighted by molar-refractivity contribution is -0.111. The van der Waals surface area contributed by atoms with E-state index in [9.17, 15) is 4.79 Å². The second kappa shape index (κ2) is 8.63. The minimum atomic E-state index is -0.262. The average Bonchev–Trinajstić information content (AvgIpc) is 2.65. The van der Waals surface area contributed by atoms with Crippen LogP contribution in [0.4, 0.5) is 5.69 Å². The van der Waals surface area contributed by atoms with E-state index in [4.69, 9.17) is 18.9 Å². The molecule has 2 rings (SSSR count). The molecule has 0 aliphatic rings. The number of nitrogens with one attached hydrogen (secondary N) is 1. The second-order valence-corrected chi connectivity index (χ2v) is 5.01. The van der Waals surface area contributed by atoms with Crippen LogP contribution < -0.4 is 24.3 Å². The predicted molar refractivity (Wildman–Crippen MR) is 96.8 cm³/mol. The zero-order chi connectivity index (χ0) is 18.2. The number of anilines is 1. The minimum Gasteiger partial charge on any atom is -0.493 e. The molecular weight excluding hydrogens is 322 g/mol. The van der Waals surface area contributed by atoms with E-state index >= 15 is 0 Å². The van der Waals surface area contributed by atoms with Gasteiger partial charge in [-0.25, -0.2) is 0 Å². The predicted octanol–water partition coefficient (Wildman–Crippen LogP) is 3.37. The maximum atomic E-state index is 12.1. The summed E-state index contributed by atoms with van der Waals surface area (Å²) in [7, 11) is 6.24. The highest BCUT2D eigenvalue weighted by atomic mass is 16.5. The molecule has 0 aromatic heterocycles. The lowest BCUT2D eigenvalue weighted by Gasteiger charge is -2.09. The SMILES string of the molecule is COc1ccc(C=CC(=O)Nc2ccc(OC)c(OC)c2)cc1OC. The summed E-state index contributed by atoms with van der Waals surface area (Å²) in [5.74, 6) is 2.12. The quantitative estimate of drug-likeness (QED) is 0.781. The third kappa shape index (κ3) is 4.67. The summed E-state index contributed by atoms with van der Waals surface area (Å²) in [5.41, 5.74) is 1.43. The van der Waals surface area contributed by atoms with Crippen LogP contribution in [-0.4, -0.2) is 34.3 Å². The van der Waals surface area contributed by atoms with Gasteiger partial charge in [-0.05, 0) is 35.9 Å². The number of hydrogen-bond donors (Lipinski definition) is 1. The number of rotatable bonds is 7. The molecule has 0 aliphatic heterocycles. The van der Waals surface area contributed by atoms with E-state index in [2.05, 4.69) is 5.32 Å². The van der Waals surface area contributed by atoms with Crippen molar-refractivity contribution in [2.24, 2.45) is 0 Å².